The molecule has 2 heterocycles. The van der Waals surface area contributed by atoms with Crippen LogP contribution in [-0.2, 0) is 5.41 Å². The minimum Gasteiger partial charge on any atom is -0.436 e. The fourth-order valence-electron chi connectivity index (χ4n) is 2.27. The molecule has 0 aliphatic carbocycles. The molecule has 29 heavy (non-hydrogen) atoms. The molecule has 2 amide bonds. The van der Waals surface area contributed by atoms with Crippen molar-refractivity contribution >= 4 is 23.4 Å². The van der Waals surface area contributed by atoms with Crippen molar-refractivity contribution in [3.05, 3.63) is 48.2 Å². The lowest BCUT2D eigenvalue weighted by Gasteiger charge is -2.12. The summed E-state index contributed by atoms with van der Waals surface area (Å²) in [4.78, 5) is 20.0. The van der Waals surface area contributed by atoms with Gasteiger partial charge in [0, 0.05) is 36.3 Å². The Balaban J connectivity index is 1.63. The van der Waals surface area contributed by atoms with Crippen LogP contribution in [0.5, 0.6) is 11.6 Å². The quantitative estimate of drug-likeness (QED) is 0.582. The van der Waals surface area contributed by atoms with E-state index in [-0.39, 0.29) is 28.5 Å². The second-order valence-corrected chi connectivity index (χ2v) is 7.14. The molecule has 3 rings (SSSR count). The molecule has 0 aliphatic rings. The Kier molecular flexibility index (Phi) is 5.62. The van der Waals surface area contributed by atoms with Gasteiger partial charge in [-0.3, -0.25) is 5.32 Å². The highest BCUT2D eigenvalue weighted by atomic mass is 19.1. The molecule has 0 aliphatic heterocycles. The van der Waals surface area contributed by atoms with Gasteiger partial charge in [0.25, 0.3) is 0 Å². The molecule has 0 atom stereocenters. The smallest absolute Gasteiger partial charge is 0.324 e. The topological polar surface area (TPSA) is 114 Å². The van der Waals surface area contributed by atoms with Crippen molar-refractivity contribution in [1.29, 1.82) is 0 Å². The maximum absolute atomic E-state index is 14.3. The number of anilines is 3. The molecule has 0 saturated heterocycles. The molecular weight excluding hydrogens is 379 g/mol. The first kappa shape index (κ1) is 20.1. The first-order chi connectivity index (χ1) is 13.7. The van der Waals surface area contributed by atoms with Gasteiger partial charge < -0.3 is 19.9 Å². The fraction of sp³-hybridized carbons (Fsp3) is 0.263. The maximum Gasteiger partial charge on any atom is 0.324 e. The second-order valence-electron chi connectivity index (χ2n) is 7.14. The van der Waals surface area contributed by atoms with Crippen LogP contribution in [0.2, 0.25) is 0 Å². The average Bonchev–Trinajstić information content (AvgIpc) is 3.13. The van der Waals surface area contributed by atoms with Crippen molar-refractivity contribution in [3.8, 4) is 11.6 Å². The zero-order valence-electron chi connectivity index (χ0n) is 16.4. The summed E-state index contributed by atoms with van der Waals surface area (Å²) in [7, 11) is 1.70. The van der Waals surface area contributed by atoms with E-state index in [1.807, 2.05) is 20.8 Å². The molecule has 9 nitrogen and oxygen atoms in total. The van der Waals surface area contributed by atoms with Gasteiger partial charge in [0.1, 0.15) is 17.9 Å². The van der Waals surface area contributed by atoms with Crippen LogP contribution in [-0.4, -0.2) is 28.2 Å². The number of carbonyl (C=O) groups excluding carboxylic acids is 1. The van der Waals surface area contributed by atoms with Crippen molar-refractivity contribution in [3.63, 3.8) is 0 Å². The van der Waals surface area contributed by atoms with Crippen molar-refractivity contribution < 1.29 is 18.4 Å². The molecule has 0 radical (unpaired) electrons. The van der Waals surface area contributed by atoms with Crippen LogP contribution in [0.25, 0.3) is 0 Å². The van der Waals surface area contributed by atoms with E-state index in [1.165, 1.54) is 24.5 Å². The molecule has 10 heteroatoms. The van der Waals surface area contributed by atoms with E-state index >= 15 is 0 Å². The summed E-state index contributed by atoms with van der Waals surface area (Å²) in [5.41, 5.74) is 0.00508. The van der Waals surface area contributed by atoms with E-state index < -0.39 is 11.8 Å². The molecule has 0 saturated carbocycles. The first-order valence-electron chi connectivity index (χ1n) is 8.77. The molecular formula is C19H21FN6O3. The number of ether oxygens (including phenoxy) is 1. The molecule has 0 fully saturated rings. The van der Waals surface area contributed by atoms with E-state index in [1.54, 1.807) is 13.1 Å². The van der Waals surface area contributed by atoms with Gasteiger partial charge >= 0.3 is 6.03 Å². The SMILES string of the molecule is CNc1cc(Oc2ccc(NC(=O)Nc3cc(C(C)(C)C)on3)cc2F)ncn1. The van der Waals surface area contributed by atoms with Gasteiger partial charge in [-0.2, -0.15) is 0 Å². The highest BCUT2D eigenvalue weighted by molar-refractivity contribution is 5.99. The van der Waals surface area contributed by atoms with Crippen LogP contribution < -0.4 is 20.7 Å². The molecule has 1 aromatic carbocycles. The van der Waals surface area contributed by atoms with Gasteiger partial charge in [0.05, 0.1) is 0 Å². The Labute approximate surface area is 166 Å². The molecule has 0 bridgehead atoms. The van der Waals surface area contributed by atoms with Gasteiger partial charge in [0.2, 0.25) is 5.88 Å². The van der Waals surface area contributed by atoms with Gasteiger partial charge in [0.15, 0.2) is 17.4 Å². The number of halogens is 1. The lowest BCUT2D eigenvalue weighted by Crippen LogP contribution is -2.19. The predicted molar refractivity (Wildman–Crippen MR) is 106 cm³/mol. The third-order valence-corrected chi connectivity index (χ3v) is 3.79. The lowest BCUT2D eigenvalue weighted by molar-refractivity contribution is 0.262. The van der Waals surface area contributed by atoms with Crippen molar-refractivity contribution in [2.24, 2.45) is 0 Å². The Morgan fingerprint density at radius 2 is 1.90 bits per heavy atom. The summed E-state index contributed by atoms with van der Waals surface area (Å²) in [5.74, 6) is 0.908. The van der Waals surface area contributed by atoms with E-state index in [0.717, 1.165) is 6.07 Å². The van der Waals surface area contributed by atoms with E-state index in [9.17, 15) is 9.18 Å². The monoisotopic (exact) mass is 400 g/mol. The third-order valence-electron chi connectivity index (χ3n) is 3.79. The van der Waals surface area contributed by atoms with Crippen molar-refractivity contribution in [2.75, 3.05) is 23.0 Å². The summed E-state index contributed by atoms with van der Waals surface area (Å²) in [5, 5.41) is 11.7. The molecule has 2 aromatic heterocycles. The summed E-state index contributed by atoms with van der Waals surface area (Å²) < 4.78 is 25.0. The average molecular weight is 400 g/mol. The number of urea groups is 1. The highest BCUT2D eigenvalue weighted by Gasteiger charge is 2.20. The van der Waals surface area contributed by atoms with E-state index in [2.05, 4.69) is 31.1 Å². The largest absolute Gasteiger partial charge is 0.436 e. The van der Waals surface area contributed by atoms with Crippen LogP contribution in [0.15, 0.2) is 41.2 Å². The van der Waals surface area contributed by atoms with Crippen LogP contribution in [0.4, 0.5) is 26.5 Å². The Morgan fingerprint density at radius 1 is 1.10 bits per heavy atom. The molecule has 3 N–H and O–H groups in total. The number of rotatable bonds is 5. The summed E-state index contributed by atoms with van der Waals surface area (Å²) in [6, 6.07) is 6.61. The Morgan fingerprint density at radius 3 is 2.55 bits per heavy atom. The predicted octanol–water partition coefficient (Wildman–Crippen LogP) is 4.38. The number of hydrogen-bond acceptors (Lipinski definition) is 7. The zero-order chi connectivity index (χ0) is 21.0. The van der Waals surface area contributed by atoms with Crippen LogP contribution in [0.3, 0.4) is 0 Å². The maximum atomic E-state index is 14.3. The minimum absolute atomic E-state index is 0.0389. The second kappa shape index (κ2) is 8.13. The number of aromatic nitrogens is 3. The molecule has 0 spiro atoms. The highest BCUT2D eigenvalue weighted by Crippen LogP contribution is 2.27. The van der Waals surface area contributed by atoms with Crippen molar-refractivity contribution in [1.82, 2.24) is 15.1 Å². The lowest BCUT2D eigenvalue weighted by atomic mass is 9.93. The summed E-state index contributed by atoms with van der Waals surface area (Å²) in [6.45, 7) is 5.89. The molecule has 152 valence electrons. The van der Waals surface area contributed by atoms with Crippen LogP contribution >= 0.6 is 0 Å². The number of benzene rings is 1. The van der Waals surface area contributed by atoms with Gasteiger partial charge in [-0.1, -0.05) is 25.9 Å². The van der Waals surface area contributed by atoms with E-state index in [0.29, 0.717) is 11.6 Å². The standard InChI is InChI=1S/C19H21FN6O3/c1-19(2,3)14-8-16(26-29-14)25-18(27)24-11-5-6-13(12(20)7-11)28-17-9-15(21-4)22-10-23-17/h5-10H,1-4H3,(H,21,22,23)(H2,24,25,26,27). The van der Waals surface area contributed by atoms with Crippen LogP contribution in [0, 0.1) is 5.82 Å². The van der Waals surface area contributed by atoms with Gasteiger partial charge in [-0.05, 0) is 12.1 Å². The number of nitrogens with one attached hydrogen (secondary N) is 3. The third kappa shape index (κ3) is 5.18. The summed E-state index contributed by atoms with van der Waals surface area (Å²) in [6.07, 6.45) is 1.30. The number of carbonyl (C=O) groups is 1. The molecule has 0 unspecified atom stereocenters. The van der Waals surface area contributed by atoms with Gasteiger partial charge in [-0.25, -0.2) is 19.2 Å². The summed E-state index contributed by atoms with van der Waals surface area (Å²) >= 11 is 0. The van der Waals surface area contributed by atoms with Crippen LogP contribution in [0.1, 0.15) is 26.5 Å². The normalized spacial score (nSPS) is 11.1. The van der Waals surface area contributed by atoms with E-state index in [4.69, 9.17) is 9.26 Å². The zero-order valence-corrected chi connectivity index (χ0v) is 16.4. The minimum atomic E-state index is -0.663. The first-order valence-corrected chi connectivity index (χ1v) is 8.77. The number of amides is 2. The fourth-order valence-corrected chi connectivity index (χ4v) is 2.27. The Bertz CT molecular complexity index is 1020. The number of nitrogens with zero attached hydrogens (tertiary/aromatic N) is 3. The van der Waals surface area contributed by atoms with Gasteiger partial charge in [-0.15, -0.1) is 0 Å². The number of hydrogen-bond donors (Lipinski definition) is 3. The molecule has 3 aromatic rings. The van der Waals surface area contributed by atoms with Crippen molar-refractivity contribution in [2.45, 2.75) is 26.2 Å². The Hall–Kier alpha value is -3.69.